The molecule has 2 aromatic rings. The average Bonchev–Trinajstić information content (AvgIpc) is 2.46. The lowest BCUT2D eigenvalue weighted by Crippen LogP contribution is -2.00. The van der Waals surface area contributed by atoms with Crippen molar-refractivity contribution in [1.82, 2.24) is 0 Å². The van der Waals surface area contributed by atoms with Gasteiger partial charge in [0.05, 0.1) is 16.6 Å². The third kappa shape index (κ3) is 3.56. The first kappa shape index (κ1) is 14.5. The van der Waals surface area contributed by atoms with Crippen molar-refractivity contribution >= 4 is 11.7 Å². The van der Waals surface area contributed by atoms with Crippen LogP contribution in [0.3, 0.4) is 0 Å². The average molecular weight is 287 g/mol. The van der Waals surface area contributed by atoms with Crippen molar-refractivity contribution in [3.05, 3.63) is 69.3 Å². The van der Waals surface area contributed by atoms with Crippen molar-refractivity contribution in [2.45, 2.75) is 13.5 Å². The van der Waals surface area contributed by atoms with E-state index in [1.165, 1.54) is 24.3 Å². The maximum Gasteiger partial charge on any atom is 0.335 e. The van der Waals surface area contributed by atoms with Gasteiger partial charge in [0, 0.05) is 6.07 Å². The second-order valence-corrected chi connectivity index (χ2v) is 4.50. The second-order valence-electron chi connectivity index (χ2n) is 4.50. The van der Waals surface area contributed by atoms with E-state index in [1.807, 2.05) is 0 Å². The highest BCUT2D eigenvalue weighted by atomic mass is 16.6. The molecule has 0 fully saturated rings. The summed E-state index contributed by atoms with van der Waals surface area (Å²) in [6, 6.07) is 10.7. The molecule has 0 aromatic heterocycles. The summed E-state index contributed by atoms with van der Waals surface area (Å²) >= 11 is 0. The van der Waals surface area contributed by atoms with Gasteiger partial charge in [-0.2, -0.15) is 0 Å². The third-order valence-electron chi connectivity index (χ3n) is 2.98. The molecule has 0 aliphatic heterocycles. The van der Waals surface area contributed by atoms with Crippen molar-refractivity contribution in [2.24, 2.45) is 0 Å². The fraction of sp³-hybridized carbons (Fsp3) is 0.133. The topological polar surface area (TPSA) is 89.7 Å². The van der Waals surface area contributed by atoms with Gasteiger partial charge in [-0.05, 0) is 36.2 Å². The Morgan fingerprint density at radius 2 is 1.90 bits per heavy atom. The molecular weight excluding hydrogens is 274 g/mol. The van der Waals surface area contributed by atoms with Crippen molar-refractivity contribution in [3.8, 4) is 5.75 Å². The van der Waals surface area contributed by atoms with E-state index in [-0.39, 0.29) is 17.9 Å². The van der Waals surface area contributed by atoms with Crippen LogP contribution in [0.4, 0.5) is 5.69 Å². The zero-order chi connectivity index (χ0) is 15.4. The van der Waals surface area contributed by atoms with E-state index in [1.54, 1.807) is 25.1 Å². The molecule has 0 unspecified atom stereocenters. The highest BCUT2D eigenvalue weighted by Crippen LogP contribution is 2.24. The van der Waals surface area contributed by atoms with Gasteiger partial charge in [0.25, 0.3) is 5.69 Å². The molecular formula is C15H13NO5. The second kappa shape index (κ2) is 6.04. The molecule has 1 N–H and O–H groups in total. The largest absolute Gasteiger partial charge is 0.488 e. The Labute approximate surface area is 120 Å². The summed E-state index contributed by atoms with van der Waals surface area (Å²) in [5.41, 5.74) is 1.75. The Hall–Kier alpha value is -2.89. The van der Waals surface area contributed by atoms with Crippen LogP contribution in [0.5, 0.6) is 5.75 Å². The number of carbonyl (C=O) groups is 1. The number of nitro groups is 1. The summed E-state index contributed by atoms with van der Waals surface area (Å²) in [6.45, 7) is 2.01. The van der Waals surface area contributed by atoms with Gasteiger partial charge >= 0.3 is 5.97 Å². The number of rotatable bonds is 5. The lowest BCUT2D eigenvalue weighted by Gasteiger charge is -2.09. The lowest BCUT2D eigenvalue weighted by molar-refractivity contribution is -0.385. The zero-order valence-electron chi connectivity index (χ0n) is 11.3. The highest BCUT2D eigenvalue weighted by Gasteiger charge is 2.10. The molecule has 6 nitrogen and oxygen atoms in total. The summed E-state index contributed by atoms with van der Waals surface area (Å²) < 4.78 is 5.56. The fourth-order valence-electron chi connectivity index (χ4n) is 1.76. The van der Waals surface area contributed by atoms with Gasteiger partial charge in [-0.3, -0.25) is 10.1 Å². The molecule has 21 heavy (non-hydrogen) atoms. The van der Waals surface area contributed by atoms with Crippen LogP contribution in [0.15, 0.2) is 42.5 Å². The highest BCUT2D eigenvalue weighted by molar-refractivity contribution is 5.87. The molecule has 0 aliphatic carbocycles. The number of nitro benzene ring substituents is 1. The van der Waals surface area contributed by atoms with E-state index in [0.717, 1.165) is 11.1 Å². The number of non-ortho nitro benzene ring substituents is 1. The summed E-state index contributed by atoms with van der Waals surface area (Å²) in [6.07, 6.45) is 0. The van der Waals surface area contributed by atoms with Gasteiger partial charge in [0.15, 0.2) is 0 Å². The van der Waals surface area contributed by atoms with Gasteiger partial charge in [-0.25, -0.2) is 4.79 Å². The number of carboxylic acid groups (broad SMARTS) is 1. The van der Waals surface area contributed by atoms with Gasteiger partial charge in [-0.1, -0.05) is 12.1 Å². The number of carboxylic acids is 1. The first-order valence-electron chi connectivity index (χ1n) is 6.17. The smallest absolute Gasteiger partial charge is 0.335 e. The molecule has 0 saturated heterocycles. The van der Waals surface area contributed by atoms with Crippen LogP contribution in [0.1, 0.15) is 21.5 Å². The summed E-state index contributed by atoms with van der Waals surface area (Å²) in [7, 11) is 0. The molecule has 0 radical (unpaired) electrons. The van der Waals surface area contributed by atoms with Crippen molar-refractivity contribution in [1.29, 1.82) is 0 Å². The van der Waals surface area contributed by atoms with Crippen LogP contribution < -0.4 is 4.74 Å². The Bertz CT molecular complexity index is 679. The van der Waals surface area contributed by atoms with Crippen LogP contribution in [-0.4, -0.2) is 16.0 Å². The minimum atomic E-state index is -0.989. The van der Waals surface area contributed by atoms with Gasteiger partial charge in [0.1, 0.15) is 12.4 Å². The van der Waals surface area contributed by atoms with Crippen LogP contribution in [0, 0.1) is 17.0 Å². The number of aromatic carboxylic acids is 1. The monoisotopic (exact) mass is 287 g/mol. The minimum Gasteiger partial charge on any atom is -0.488 e. The fourth-order valence-corrected chi connectivity index (χ4v) is 1.76. The molecule has 0 atom stereocenters. The molecule has 108 valence electrons. The molecule has 0 bridgehead atoms. The Morgan fingerprint density at radius 3 is 2.48 bits per heavy atom. The Balaban J connectivity index is 2.10. The molecule has 0 spiro atoms. The summed E-state index contributed by atoms with van der Waals surface area (Å²) in [4.78, 5) is 21.0. The van der Waals surface area contributed by atoms with Gasteiger partial charge < -0.3 is 9.84 Å². The number of hydrogen-bond acceptors (Lipinski definition) is 4. The molecule has 0 aliphatic rings. The predicted molar refractivity (Wildman–Crippen MR) is 75.6 cm³/mol. The number of hydrogen-bond donors (Lipinski definition) is 1. The molecule has 0 heterocycles. The Morgan fingerprint density at radius 1 is 1.24 bits per heavy atom. The standard InChI is InChI=1S/C15H13NO5/c1-10-2-7-13(16(19)20)8-14(10)21-9-11-3-5-12(6-4-11)15(17)18/h2-8H,9H2,1H3,(H,17,18). The SMILES string of the molecule is Cc1ccc([N+](=O)[O-])cc1OCc1ccc(C(=O)O)cc1. The number of benzene rings is 2. The number of ether oxygens (including phenoxy) is 1. The summed E-state index contributed by atoms with van der Waals surface area (Å²) in [5.74, 6) is -0.552. The lowest BCUT2D eigenvalue weighted by atomic mass is 10.1. The van der Waals surface area contributed by atoms with Crippen LogP contribution in [0.2, 0.25) is 0 Å². The van der Waals surface area contributed by atoms with E-state index in [0.29, 0.717) is 5.75 Å². The van der Waals surface area contributed by atoms with E-state index in [2.05, 4.69) is 0 Å². The minimum absolute atomic E-state index is 0.0307. The predicted octanol–water partition coefficient (Wildman–Crippen LogP) is 3.18. The van der Waals surface area contributed by atoms with Crippen LogP contribution in [-0.2, 0) is 6.61 Å². The first-order valence-corrected chi connectivity index (χ1v) is 6.17. The van der Waals surface area contributed by atoms with Gasteiger partial charge in [-0.15, -0.1) is 0 Å². The van der Waals surface area contributed by atoms with E-state index >= 15 is 0 Å². The molecule has 6 heteroatoms. The van der Waals surface area contributed by atoms with E-state index in [9.17, 15) is 14.9 Å². The van der Waals surface area contributed by atoms with E-state index < -0.39 is 10.9 Å². The van der Waals surface area contributed by atoms with Gasteiger partial charge in [0.2, 0.25) is 0 Å². The van der Waals surface area contributed by atoms with Crippen LogP contribution >= 0.6 is 0 Å². The number of nitrogens with zero attached hydrogens (tertiary/aromatic N) is 1. The van der Waals surface area contributed by atoms with Crippen molar-refractivity contribution < 1.29 is 19.6 Å². The zero-order valence-corrected chi connectivity index (χ0v) is 11.3. The quantitative estimate of drug-likeness (QED) is 0.673. The maximum atomic E-state index is 10.7. The normalized spacial score (nSPS) is 10.1. The maximum absolute atomic E-state index is 10.7. The van der Waals surface area contributed by atoms with Crippen molar-refractivity contribution in [3.63, 3.8) is 0 Å². The molecule has 2 rings (SSSR count). The van der Waals surface area contributed by atoms with Crippen molar-refractivity contribution in [2.75, 3.05) is 0 Å². The van der Waals surface area contributed by atoms with Crippen LogP contribution in [0.25, 0.3) is 0 Å². The molecule has 2 aromatic carbocycles. The first-order chi connectivity index (χ1) is 9.97. The third-order valence-corrected chi connectivity index (χ3v) is 2.98. The number of aryl methyl sites for hydroxylation is 1. The van der Waals surface area contributed by atoms with E-state index in [4.69, 9.17) is 9.84 Å². The summed E-state index contributed by atoms with van der Waals surface area (Å²) in [5, 5.41) is 19.5. The molecule has 0 amide bonds. The molecule has 0 saturated carbocycles. The Kier molecular flexibility index (Phi) is 4.18.